The van der Waals surface area contributed by atoms with Crippen molar-refractivity contribution in [2.75, 3.05) is 0 Å². The van der Waals surface area contributed by atoms with Crippen molar-refractivity contribution in [1.29, 1.82) is 0 Å². The molecule has 0 unspecified atom stereocenters. The van der Waals surface area contributed by atoms with Crippen molar-refractivity contribution < 1.29 is 4.42 Å². The predicted molar refractivity (Wildman–Crippen MR) is 184 cm³/mol. The van der Waals surface area contributed by atoms with E-state index >= 15 is 0 Å². The van der Waals surface area contributed by atoms with Gasteiger partial charge >= 0.3 is 0 Å². The van der Waals surface area contributed by atoms with Crippen molar-refractivity contribution >= 4 is 54.6 Å². The van der Waals surface area contributed by atoms with E-state index in [0.717, 1.165) is 49.5 Å². The summed E-state index contributed by atoms with van der Waals surface area (Å²) in [6, 6.07) is 45.1. The zero-order valence-corrected chi connectivity index (χ0v) is 24.9. The minimum absolute atomic E-state index is 0.124. The molecule has 4 nitrogen and oxygen atoms in total. The zero-order valence-electron chi connectivity index (χ0n) is 24.9. The molecule has 0 radical (unpaired) electrons. The summed E-state index contributed by atoms with van der Waals surface area (Å²) in [6.07, 6.45) is 0. The maximum atomic E-state index is 6.58. The molecule has 3 heterocycles. The number of aromatic nitrogens is 3. The molecule has 4 heteroatoms. The standard InChI is InChI=1S/C41H27N3O/c1-41(2)31-18-10-8-16-27(31)29-22-30-28-17-9-11-19-33(28)44(34(30)23-32(29)41)40-42-37(25-13-4-3-5-14-25)39-38(43-40)36-26-15-7-6-12-24(26)20-21-35(36)45-39/h3-23H,1-2H3. The van der Waals surface area contributed by atoms with Crippen LogP contribution in [0.4, 0.5) is 0 Å². The number of nitrogens with zero attached hydrogens (tertiary/aromatic N) is 3. The third-order valence-corrected chi connectivity index (χ3v) is 9.82. The molecule has 1 aliphatic carbocycles. The maximum Gasteiger partial charge on any atom is 0.236 e. The highest BCUT2D eigenvalue weighted by Crippen LogP contribution is 2.51. The molecule has 6 aromatic carbocycles. The quantitative estimate of drug-likeness (QED) is 0.205. The predicted octanol–water partition coefficient (Wildman–Crippen LogP) is 10.6. The number of rotatable bonds is 2. The van der Waals surface area contributed by atoms with Crippen LogP contribution < -0.4 is 0 Å². The zero-order chi connectivity index (χ0) is 29.9. The maximum absolute atomic E-state index is 6.58. The Balaban J connectivity index is 1.36. The summed E-state index contributed by atoms with van der Waals surface area (Å²) in [7, 11) is 0. The van der Waals surface area contributed by atoms with E-state index < -0.39 is 0 Å². The second-order valence-electron chi connectivity index (χ2n) is 12.6. The molecule has 0 saturated heterocycles. The minimum Gasteiger partial charge on any atom is -0.452 e. The first-order valence-electron chi connectivity index (χ1n) is 15.4. The van der Waals surface area contributed by atoms with Gasteiger partial charge in [0.2, 0.25) is 5.95 Å². The van der Waals surface area contributed by atoms with E-state index in [4.69, 9.17) is 14.4 Å². The summed E-state index contributed by atoms with van der Waals surface area (Å²) < 4.78 is 8.83. The lowest BCUT2D eigenvalue weighted by Crippen LogP contribution is -2.15. The highest BCUT2D eigenvalue weighted by Gasteiger charge is 2.36. The van der Waals surface area contributed by atoms with Gasteiger partial charge in [-0.15, -0.1) is 0 Å². The van der Waals surface area contributed by atoms with E-state index in [-0.39, 0.29) is 5.41 Å². The van der Waals surface area contributed by atoms with Gasteiger partial charge in [0.15, 0.2) is 5.58 Å². The van der Waals surface area contributed by atoms with Gasteiger partial charge in [0.25, 0.3) is 0 Å². The monoisotopic (exact) mass is 577 g/mol. The van der Waals surface area contributed by atoms with Crippen LogP contribution in [-0.4, -0.2) is 14.5 Å². The van der Waals surface area contributed by atoms with Crippen molar-refractivity contribution in [2.24, 2.45) is 0 Å². The summed E-state index contributed by atoms with van der Waals surface area (Å²) in [4.78, 5) is 10.7. The SMILES string of the molecule is CC1(C)c2ccccc2-c2cc3c4ccccc4n(-c4nc(-c5ccccc5)c5oc6ccc7ccccc7c6c5n4)c3cc21. The molecular formula is C41H27N3O. The lowest BCUT2D eigenvalue weighted by molar-refractivity contribution is 0.661. The Morgan fingerprint density at radius 3 is 2.24 bits per heavy atom. The van der Waals surface area contributed by atoms with Gasteiger partial charge in [0.05, 0.1) is 16.4 Å². The van der Waals surface area contributed by atoms with Crippen LogP contribution >= 0.6 is 0 Å². The number of hydrogen-bond donors (Lipinski definition) is 0. The molecule has 1 aliphatic rings. The molecule has 0 atom stereocenters. The van der Waals surface area contributed by atoms with E-state index in [1.807, 2.05) is 18.2 Å². The molecule has 0 aliphatic heterocycles. The lowest BCUT2D eigenvalue weighted by atomic mass is 9.82. The molecule has 212 valence electrons. The third kappa shape index (κ3) is 3.26. The van der Waals surface area contributed by atoms with Crippen LogP contribution in [0.3, 0.4) is 0 Å². The first-order chi connectivity index (χ1) is 22.1. The Hall–Kier alpha value is -5.74. The van der Waals surface area contributed by atoms with Gasteiger partial charge in [-0.05, 0) is 57.3 Å². The molecule has 0 amide bonds. The van der Waals surface area contributed by atoms with Crippen molar-refractivity contribution in [2.45, 2.75) is 19.3 Å². The van der Waals surface area contributed by atoms with Crippen LogP contribution in [0.25, 0.3) is 83.0 Å². The Morgan fingerprint density at radius 2 is 1.36 bits per heavy atom. The highest BCUT2D eigenvalue weighted by atomic mass is 16.3. The van der Waals surface area contributed by atoms with Crippen LogP contribution in [0.2, 0.25) is 0 Å². The van der Waals surface area contributed by atoms with Gasteiger partial charge in [-0.2, -0.15) is 0 Å². The fraction of sp³-hybridized carbons (Fsp3) is 0.0732. The topological polar surface area (TPSA) is 43.9 Å². The van der Waals surface area contributed by atoms with Crippen molar-refractivity contribution in [1.82, 2.24) is 14.5 Å². The second-order valence-corrected chi connectivity index (χ2v) is 12.6. The molecule has 0 bridgehead atoms. The first kappa shape index (κ1) is 24.7. The molecule has 9 aromatic rings. The fourth-order valence-electron chi connectivity index (χ4n) is 7.67. The van der Waals surface area contributed by atoms with E-state index in [9.17, 15) is 0 Å². The number of fused-ring (bicyclic) bond motifs is 11. The Kier molecular flexibility index (Phi) is 4.76. The Bertz CT molecular complexity index is 2680. The van der Waals surface area contributed by atoms with Gasteiger partial charge in [0.1, 0.15) is 16.8 Å². The molecule has 45 heavy (non-hydrogen) atoms. The first-order valence-corrected chi connectivity index (χ1v) is 15.4. The fourth-order valence-corrected chi connectivity index (χ4v) is 7.67. The second kappa shape index (κ2) is 8.67. The van der Waals surface area contributed by atoms with Crippen molar-refractivity contribution in [3.63, 3.8) is 0 Å². The largest absolute Gasteiger partial charge is 0.452 e. The van der Waals surface area contributed by atoms with Crippen LogP contribution in [0.15, 0.2) is 132 Å². The molecular weight excluding hydrogens is 550 g/mol. The van der Waals surface area contributed by atoms with Crippen molar-refractivity contribution in [3.8, 4) is 28.3 Å². The summed E-state index contributed by atoms with van der Waals surface area (Å²) in [5.41, 5.74) is 11.5. The average molecular weight is 578 g/mol. The smallest absolute Gasteiger partial charge is 0.236 e. The average Bonchev–Trinajstić information content (AvgIpc) is 3.70. The van der Waals surface area contributed by atoms with Crippen LogP contribution in [0.5, 0.6) is 0 Å². The van der Waals surface area contributed by atoms with Gasteiger partial charge in [-0.25, -0.2) is 9.97 Å². The summed E-state index contributed by atoms with van der Waals surface area (Å²) in [6.45, 7) is 4.66. The number of benzene rings is 6. The lowest BCUT2D eigenvalue weighted by Gasteiger charge is -2.21. The van der Waals surface area contributed by atoms with Gasteiger partial charge in [-0.1, -0.05) is 117 Å². The summed E-state index contributed by atoms with van der Waals surface area (Å²) >= 11 is 0. The number of furan rings is 1. The van der Waals surface area contributed by atoms with E-state index in [0.29, 0.717) is 11.5 Å². The molecule has 3 aromatic heterocycles. The molecule has 10 rings (SSSR count). The van der Waals surface area contributed by atoms with E-state index in [1.165, 1.54) is 33.0 Å². The summed E-state index contributed by atoms with van der Waals surface area (Å²) in [5.74, 6) is 0.636. The normalized spacial score (nSPS) is 13.7. The third-order valence-electron chi connectivity index (χ3n) is 9.82. The Morgan fingerprint density at radius 1 is 0.600 bits per heavy atom. The van der Waals surface area contributed by atoms with Crippen LogP contribution in [-0.2, 0) is 5.41 Å². The number of hydrogen-bond acceptors (Lipinski definition) is 3. The van der Waals surface area contributed by atoms with Gasteiger partial charge in [0, 0.05) is 21.8 Å². The van der Waals surface area contributed by atoms with Gasteiger partial charge in [-0.3, -0.25) is 4.57 Å². The van der Waals surface area contributed by atoms with E-state index in [2.05, 4.69) is 128 Å². The minimum atomic E-state index is -0.124. The summed E-state index contributed by atoms with van der Waals surface area (Å²) in [5, 5.41) is 5.68. The van der Waals surface area contributed by atoms with Crippen LogP contribution in [0, 0.1) is 0 Å². The van der Waals surface area contributed by atoms with Crippen LogP contribution in [0.1, 0.15) is 25.0 Å². The van der Waals surface area contributed by atoms with Crippen molar-refractivity contribution in [3.05, 3.63) is 139 Å². The highest BCUT2D eigenvalue weighted by molar-refractivity contribution is 6.19. The van der Waals surface area contributed by atoms with Gasteiger partial charge < -0.3 is 4.42 Å². The molecule has 0 saturated carbocycles. The molecule has 0 spiro atoms. The van der Waals surface area contributed by atoms with E-state index in [1.54, 1.807) is 0 Å². The number of para-hydroxylation sites is 1. The molecule has 0 fully saturated rings. The molecule has 0 N–H and O–H groups in total. The Labute approximate surface area is 259 Å².